The van der Waals surface area contributed by atoms with Crippen LogP contribution in [0.5, 0.6) is 0 Å². The topological polar surface area (TPSA) is 92.7 Å². The van der Waals surface area contributed by atoms with Gasteiger partial charge in [-0.2, -0.15) is 0 Å². The predicted octanol–water partition coefficient (Wildman–Crippen LogP) is 1.61. The van der Waals surface area contributed by atoms with Crippen LogP contribution in [-0.4, -0.2) is 13.5 Å². The van der Waals surface area contributed by atoms with Crippen molar-refractivity contribution in [1.29, 1.82) is 0 Å². The molecule has 0 bridgehead atoms. The van der Waals surface area contributed by atoms with Crippen LogP contribution >= 0.6 is 15.9 Å². The molecule has 0 aliphatic carbocycles. The number of halogens is 1. The number of hydrogen-bond donors (Lipinski definition) is 2. The van der Waals surface area contributed by atoms with Gasteiger partial charge in [-0.05, 0) is 28.1 Å². The summed E-state index contributed by atoms with van der Waals surface area (Å²) in [5, 5.41) is 8.88. The van der Waals surface area contributed by atoms with Gasteiger partial charge in [0.25, 0.3) is 0 Å². The number of sulfonamides is 1. The van der Waals surface area contributed by atoms with E-state index in [1.807, 2.05) is 0 Å². The van der Waals surface area contributed by atoms with E-state index in [1.165, 1.54) is 12.3 Å². The fraction of sp³-hybridized carbons (Fsp3) is 0.200. The van der Waals surface area contributed by atoms with Gasteiger partial charge in [0.15, 0.2) is 4.67 Å². The molecule has 0 saturated heterocycles. The highest BCUT2D eigenvalue weighted by Gasteiger charge is 2.22. The van der Waals surface area contributed by atoms with Crippen molar-refractivity contribution in [3.63, 3.8) is 0 Å². The molecule has 0 fully saturated rings. The molecule has 2 N–H and O–H groups in total. The number of aliphatic hydroxyl groups excluding tert-OH is 1. The first-order valence-corrected chi connectivity index (χ1v) is 7.21. The van der Waals surface area contributed by atoms with Gasteiger partial charge in [-0.25, -0.2) is 13.1 Å². The summed E-state index contributed by atoms with van der Waals surface area (Å²) in [5.41, 5.74) is 0. The van der Waals surface area contributed by atoms with E-state index in [9.17, 15) is 8.42 Å². The number of furan rings is 2. The monoisotopic (exact) mass is 335 g/mol. The first kappa shape index (κ1) is 13.3. The van der Waals surface area contributed by atoms with Crippen LogP contribution in [0.15, 0.2) is 42.9 Å². The van der Waals surface area contributed by atoms with E-state index in [1.54, 1.807) is 12.1 Å². The fourth-order valence-electron chi connectivity index (χ4n) is 1.32. The zero-order valence-corrected chi connectivity index (χ0v) is 11.5. The molecule has 0 radical (unpaired) electrons. The average molecular weight is 336 g/mol. The normalized spacial score (nSPS) is 11.9. The van der Waals surface area contributed by atoms with Crippen LogP contribution in [0.1, 0.15) is 11.5 Å². The predicted molar refractivity (Wildman–Crippen MR) is 65.1 cm³/mol. The maximum Gasteiger partial charge on any atom is 0.245 e. The highest BCUT2D eigenvalue weighted by Crippen LogP contribution is 2.26. The first-order chi connectivity index (χ1) is 8.53. The lowest BCUT2D eigenvalue weighted by molar-refractivity contribution is 0.245. The van der Waals surface area contributed by atoms with Gasteiger partial charge < -0.3 is 13.9 Å². The minimum absolute atomic E-state index is 0.0431. The molecule has 0 atom stereocenters. The van der Waals surface area contributed by atoms with Crippen molar-refractivity contribution in [1.82, 2.24) is 4.72 Å². The Hall–Kier alpha value is -1.09. The second-order valence-corrected chi connectivity index (χ2v) is 5.87. The molecule has 0 aliphatic rings. The molecule has 98 valence electrons. The van der Waals surface area contributed by atoms with Gasteiger partial charge in [-0.1, -0.05) is 0 Å². The lowest BCUT2D eigenvalue weighted by Crippen LogP contribution is -2.22. The molecule has 8 heteroatoms. The molecule has 2 heterocycles. The van der Waals surface area contributed by atoms with E-state index < -0.39 is 10.0 Å². The summed E-state index contributed by atoms with van der Waals surface area (Å²) < 4.78 is 36.4. The molecule has 18 heavy (non-hydrogen) atoms. The zero-order chi connectivity index (χ0) is 13.2. The molecular formula is C10H10BrNO5S. The molecule has 0 amide bonds. The van der Waals surface area contributed by atoms with Crippen LogP contribution in [0, 0.1) is 0 Å². The summed E-state index contributed by atoms with van der Waals surface area (Å²) >= 11 is 2.99. The summed E-state index contributed by atoms with van der Waals surface area (Å²) in [4.78, 5) is -0.0573. The number of hydrogen-bond acceptors (Lipinski definition) is 5. The van der Waals surface area contributed by atoms with E-state index in [2.05, 4.69) is 20.7 Å². The third kappa shape index (κ3) is 2.83. The minimum atomic E-state index is -3.72. The van der Waals surface area contributed by atoms with Crippen molar-refractivity contribution >= 4 is 26.0 Å². The van der Waals surface area contributed by atoms with Gasteiger partial charge in [0.2, 0.25) is 10.0 Å². The van der Waals surface area contributed by atoms with Crippen molar-refractivity contribution in [2.45, 2.75) is 18.0 Å². The van der Waals surface area contributed by atoms with Crippen molar-refractivity contribution < 1.29 is 22.4 Å². The Morgan fingerprint density at radius 1 is 1.39 bits per heavy atom. The Bertz CT molecular complexity index is 617. The van der Waals surface area contributed by atoms with Crippen molar-refractivity contribution in [2.75, 3.05) is 0 Å². The number of aliphatic hydroxyl groups is 1. The smallest absolute Gasteiger partial charge is 0.245 e. The van der Waals surface area contributed by atoms with Gasteiger partial charge >= 0.3 is 0 Å². The van der Waals surface area contributed by atoms with Crippen molar-refractivity contribution in [2.24, 2.45) is 0 Å². The third-order valence-electron chi connectivity index (χ3n) is 2.17. The van der Waals surface area contributed by atoms with Gasteiger partial charge in [-0.15, -0.1) is 0 Å². The second-order valence-electron chi connectivity index (χ2n) is 3.41. The Kier molecular flexibility index (Phi) is 3.91. The van der Waals surface area contributed by atoms with Crippen LogP contribution in [0.2, 0.25) is 0 Å². The highest BCUT2D eigenvalue weighted by atomic mass is 79.9. The lowest BCUT2D eigenvalue weighted by Gasteiger charge is -2.02. The fourth-order valence-corrected chi connectivity index (χ4v) is 3.31. The third-order valence-corrected chi connectivity index (χ3v) is 4.43. The van der Waals surface area contributed by atoms with Gasteiger partial charge in [-0.3, -0.25) is 0 Å². The SMILES string of the molecule is O=S(=O)(NCc1ccco1)c1cc(CO)oc1Br. The first-order valence-electron chi connectivity index (χ1n) is 4.94. The standard InChI is InChI=1S/C10H10BrNO5S/c11-10-9(4-8(6-13)17-10)18(14,15)12-5-7-2-1-3-16-7/h1-4,12-13H,5-6H2. The van der Waals surface area contributed by atoms with E-state index in [0.29, 0.717) is 5.76 Å². The van der Waals surface area contributed by atoms with Crippen LogP contribution < -0.4 is 4.72 Å². The molecule has 2 aromatic rings. The molecule has 2 rings (SSSR count). The van der Waals surface area contributed by atoms with Gasteiger partial charge in [0.1, 0.15) is 23.0 Å². The van der Waals surface area contributed by atoms with Crippen molar-refractivity contribution in [3.8, 4) is 0 Å². The van der Waals surface area contributed by atoms with Crippen molar-refractivity contribution in [3.05, 3.63) is 40.7 Å². The maximum atomic E-state index is 12.0. The van der Waals surface area contributed by atoms with E-state index in [-0.39, 0.29) is 28.5 Å². The van der Waals surface area contributed by atoms with Crippen LogP contribution in [0.25, 0.3) is 0 Å². The molecule has 0 aromatic carbocycles. The molecule has 0 aliphatic heterocycles. The molecular weight excluding hydrogens is 326 g/mol. The molecule has 6 nitrogen and oxygen atoms in total. The van der Waals surface area contributed by atoms with Crippen LogP contribution in [0.4, 0.5) is 0 Å². The summed E-state index contributed by atoms with van der Waals surface area (Å²) in [6.07, 6.45) is 1.46. The molecule has 0 unspecified atom stereocenters. The molecule has 2 aromatic heterocycles. The quantitative estimate of drug-likeness (QED) is 0.865. The Labute approximate surface area is 112 Å². The van der Waals surface area contributed by atoms with Crippen LogP contribution in [0.3, 0.4) is 0 Å². The Balaban J connectivity index is 2.17. The molecule has 0 spiro atoms. The van der Waals surface area contributed by atoms with Gasteiger partial charge in [0.05, 0.1) is 12.8 Å². The summed E-state index contributed by atoms with van der Waals surface area (Å²) in [5.74, 6) is 0.667. The summed E-state index contributed by atoms with van der Waals surface area (Å²) in [7, 11) is -3.72. The van der Waals surface area contributed by atoms with E-state index in [4.69, 9.17) is 13.9 Å². The Morgan fingerprint density at radius 2 is 2.17 bits per heavy atom. The van der Waals surface area contributed by atoms with Crippen LogP contribution in [-0.2, 0) is 23.2 Å². The minimum Gasteiger partial charge on any atom is -0.468 e. The van der Waals surface area contributed by atoms with E-state index in [0.717, 1.165) is 0 Å². The number of nitrogens with one attached hydrogen (secondary N) is 1. The summed E-state index contributed by atoms with van der Waals surface area (Å²) in [6, 6.07) is 4.59. The molecule has 0 saturated carbocycles. The second kappa shape index (κ2) is 5.27. The largest absolute Gasteiger partial charge is 0.468 e. The average Bonchev–Trinajstić information content (AvgIpc) is 2.95. The highest BCUT2D eigenvalue weighted by molar-refractivity contribution is 9.10. The number of rotatable bonds is 5. The zero-order valence-electron chi connectivity index (χ0n) is 9.09. The van der Waals surface area contributed by atoms with E-state index >= 15 is 0 Å². The summed E-state index contributed by atoms with van der Waals surface area (Å²) in [6.45, 7) is -0.326. The lowest BCUT2D eigenvalue weighted by atomic mass is 10.5. The maximum absolute atomic E-state index is 12.0. The van der Waals surface area contributed by atoms with Gasteiger partial charge in [0, 0.05) is 6.07 Å². The Morgan fingerprint density at radius 3 is 2.72 bits per heavy atom.